The van der Waals surface area contributed by atoms with E-state index >= 15 is 0 Å². The molecule has 0 fully saturated rings. The predicted octanol–water partition coefficient (Wildman–Crippen LogP) is 3.06. The van der Waals surface area contributed by atoms with Crippen molar-refractivity contribution in [2.24, 2.45) is 0 Å². The summed E-state index contributed by atoms with van der Waals surface area (Å²) >= 11 is 11.8. The quantitative estimate of drug-likeness (QED) is 0.527. The molecule has 0 bridgehead atoms. The maximum Gasteiger partial charge on any atom is 0.243 e. The van der Waals surface area contributed by atoms with E-state index in [0.717, 1.165) is 12.8 Å². The number of sulfonamides is 1. The number of nitrogens with two attached hydrogens (primary N) is 1. The van der Waals surface area contributed by atoms with Crippen LogP contribution in [0.5, 0.6) is 0 Å². The molecule has 0 saturated heterocycles. The van der Waals surface area contributed by atoms with Crippen LogP contribution in [0.1, 0.15) is 26.2 Å². The second kappa shape index (κ2) is 8.80. The Hall–Kier alpha value is -0.530. The fourth-order valence-corrected chi connectivity index (χ4v) is 3.94. The summed E-state index contributed by atoms with van der Waals surface area (Å²) < 4.78 is 32.1. The molecule has 1 aromatic carbocycles. The van der Waals surface area contributed by atoms with Gasteiger partial charge < -0.3 is 10.5 Å². The Bertz CT molecular complexity index is 542. The number of nitrogen functional groups attached to an aromatic ring is 1. The Balaban J connectivity index is 2.55. The number of nitrogens with one attached hydrogen (secondary N) is 1. The van der Waals surface area contributed by atoms with Crippen LogP contribution in [0.25, 0.3) is 0 Å². The van der Waals surface area contributed by atoms with Crippen molar-refractivity contribution in [3.8, 4) is 0 Å². The molecule has 3 N–H and O–H groups in total. The van der Waals surface area contributed by atoms with Gasteiger partial charge in [-0.1, -0.05) is 36.5 Å². The third-order valence-electron chi connectivity index (χ3n) is 2.69. The zero-order chi connectivity index (χ0) is 15.9. The molecule has 8 heteroatoms. The van der Waals surface area contributed by atoms with Crippen LogP contribution in [0.4, 0.5) is 5.69 Å². The van der Waals surface area contributed by atoms with Gasteiger partial charge in [0, 0.05) is 25.4 Å². The average molecular weight is 355 g/mol. The summed E-state index contributed by atoms with van der Waals surface area (Å²) in [5.41, 5.74) is 5.86. The van der Waals surface area contributed by atoms with Crippen LogP contribution in [0.15, 0.2) is 17.0 Å². The predicted molar refractivity (Wildman–Crippen MR) is 86.4 cm³/mol. The molecule has 0 aliphatic carbocycles. The summed E-state index contributed by atoms with van der Waals surface area (Å²) in [5.74, 6) is 0. The Morgan fingerprint density at radius 3 is 2.33 bits per heavy atom. The Labute approximate surface area is 135 Å². The second-order valence-electron chi connectivity index (χ2n) is 4.53. The molecular formula is C13H20Cl2N2O3S. The lowest BCUT2D eigenvalue weighted by atomic mass is 10.3. The molecule has 0 heterocycles. The van der Waals surface area contributed by atoms with E-state index in [9.17, 15) is 8.42 Å². The molecular weight excluding hydrogens is 335 g/mol. The first kappa shape index (κ1) is 18.5. The summed E-state index contributed by atoms with van der Waals surface area (Å²) in [7, 11) is -3.76. The van der Waals surface area contributed by atoms with Gasteiger partial charge in [0.1, 0.15) is 4.90 Å². The zero-order valence-corrected chi connectivity index (χ0v) is 14.2. The Morgan fingerprint density at radius 2 is 1.76 bits per heavy atom. The fourth-order valence-electron chi connectivity index (χ4n) is 1.64. The molecule has 120 valence electrons. The van der Waals surface area contributed by atoms with Crippen LogP contribution in [0.3, 0.4) is 0 Å². The smallest absolute Gasteiger partial charge is 0.243 e. The Kier molecular flexibility index (Phi) is 7.76. The topological polar surface area (TPSA) is 81.4 Å². The molecule has 0 aromatic heterocycles. The van der Waals surface area contributed by atoms with Crippen molar-refractivity contribution in [3.05, 3.63) is 22.2 Å². The standard InChI is InChI=1S/C13H20Cl2N2O3S/c1-2-3-6-20-7-4-5-17-21(18,19)13-11(14)8-10(16)9-12(13)15/h8-9,17H,2-7,16H2,1H3. The minimum absolute atomic E-state index is 0.00620. The highest BCUT2D eigenvalue weighted by Crippen LogP contribution is 2.31. The first-order valence-electron chi connectivity index (χ1n) is 6.70. The van der Waals surface area contributed by atoms with E-state index < -0.39 is 10.0 Å². The summed E-state index contributed by atoms with van der Waals surface area (Å²) in [6, 6.07) is 2.71. The largest absolute Gasteiger partial charge is 0.399 e. The van der Waals surface area contributed by atoms with E-state index in [1.807, 2.05) is 0 Å². The van der Waals surface area contributed by atoms with E-state index in [-0.39, 0.29) is 21.5 Å². The number of anilines is 1. The van der Waals surface area contributed by atoms with Crippen molar-refractivity contribution in [2.45, 2.75) is 31.1 Å². The SMILES string of the molecule is CCCCOCCCNS(=O)(=O)c1c(Cl)cc(N)cc1Cl. The van der Waals surface area contributed by atoms with Gasteiger partial charge in [-0.2, -0.15) is 0 Å². The highest BCUT2D eigenvalue weighted by molar-refractivity contribution is 7.89. The number of hydrogen-bond acceptors (Lipinski definition) is 4. The van der Waals surface area contributed by atoms with E-state index in [1.54, 1.807) is 0 Å². The van der Waals surface area contributed by atoms with Crippen LogP contribution in [-0.4, -0.2) is 28.2 Å². The zero-order valence-electron chi connectivity index (χ0n) is 11.9. The van der Waals surface area contributed by atoms with Crippen molar-refractivity contribution in [2.75, 3.05) is 25.5 Å². The molecule has 0 unspecified atom stereocenters. The van der Waals surface area contributed by atoms with Crippen LogP contribution in [0.2, 0.25) is 10.0 Å². The summed E-state index contributed by atoms with van der Waals surface area (Å²) in [5, 5.41) is 0.0124. The number of hydrogen-bond donors (Lipinski definition) is 2. The monoisotopic (exact) mass is 354 g/mol. The lowest BCUT2D eigenvalue weighted by Gasteiger charge is -2.11. The van der Waals surface area contributed by atoms with Gasteiger partial charge >= 0.3 is 0 Å². The van der Waals surface area contributed by atoms with Crippen molar-refractivity contribution in [1.82, 2.24) is 4.72 Å². The Morgan fingerprint density at radius 1 is 1.19 bits per heavy atom. The van der Waals surface area contributed by atoms with Crippen LogP contribution >= 0.6 is 23.2 Å². The van der Waals surface area contributed by atoms with Gasteiger partial charge in [-0.25, -0.2) is 13.1 Å². The molecule has 5 nitrogen and oxygen atoms in total. The van der Waals surface area contributed by atoms with Crippen molar-refractivity contribution < 1.29 is 13.2 Å². The van der Waals surface area contributed by atoms with Gasteiger partial charge in [-0.15, -0.1) is 0 Å². The van der Waals surface area contributed by atoms with Crippen molar-refractivity contribution in [1.29, 1.82) is 0 Å². The highest BCUT2D eigenvalue weighted by Gasteiger charge is 2.21. The highest BCUT2D eigenvalue weighted by atomic mass is 35.5. The maximum absolute atomic E-state index is 12.2. The molecule has 1 aromatic rings. The van der Waals surface area contributed by atoms with Gasteiger partial charge in [0.25, 0.3) is 0 Å². The molecule has 1 rings (SSSR count). The normalized spacial score (nSPS) is 11.8. The summed E-state index contributed by atoms with van der Waals surface area (Å²) in [4.78, 5) is -0.146. The number of rotatable bonds is 9. The van der Waals surface area contributed by atoms with Gasteiger partial charge in [0.15, 0.2) is 0 Å². The van der Waals surface area contributed by atoms with Crippen LogP contribution in [-0.2, 0) is 14.8 Å². The molecule has 0 amide bonds. The molecule has 0 atom stereocenters. The maximum atomic E-state index is 12.2. The van der Waals surface area contributed by atoms with E-state index in [2.05, 4.69) is 11.6 Å². The first-order valence-corrected chi connectivity index (χ1v) is 8.94. The molecule has 0 radical (unpaired) electrons. The number of benzene rings is 1. The number of halogens is 2. The van der Waals surface area contributed by atoms with Crippen molar-refractivity contribution >= 4 is 38.9 Å². The second-order valence-corrected chi connectivity index (χ2v) is 7.05. The molecule has 21 heavy (non-hydrogen) atoms. The van der Waals surface area contributed by atoms with Gasteiger partial charge in [0.05, 0.1) is 10.0 Å². The lowest BCUT2D eigenvalue weighted by Crippen LogP contribution is -2.26. The van der Waals surface area contributed by atoms with Gasteiger partial charge in [0.2, 0.25) is 10.0 Å². The van der Waals surface area contributed by atoms with Crippen molar-refractivity contribution in [3.63, 3.8) is 0 Å². The van der Waals surface area contributed by atoms with Gasteiger partial charge in [-0.05, 0) is 25.0 Å². The molecule has 0 aliphatic rings. The van der Waals surface area contributed by atoms with Crippen LogP contribution < -0.4 is 10.5 Å². The lowest BCUT2D eigenvalue weighted by molar-refractivity contribution is 0.130. The minimum Gasteiger partial charge on any atom is -0.399 e. The average Bonchev–Trinajstić information content (AvgIpc) is 2.35. The summed E-state index contributed by atoms with van der Waals surface area (Å²) in [6.07, 6.45) is 2.65. The van der Waals surface area contributed by atoms with Crippen LogP contribution in [0, 0.1) is 0 Å². The molecule has 0 aliphatic heterocycles. The number of ether oxygens (including phenoxy) is 1. The first-order chi connectivity index (χ1) is 9.88. The van der Waals surface area contributed by atoms with Gasteiger partial charge in [-0.3, -0.25) is 0 Å². The third-order valence-corrected chi connectivity index (χ3v) is 5.07. The summed E-state index contributed by atoms with van der Waals surface area (Å²) in [6.45, 7) is 3.54. The van der Waals surface area contributed by atoms with E-state index in [1.165, 1.54) is 12.1 Å². The molecule has 0 saturated carbocycles. The van der Waals surface area contributed by atoms with E-state index in [4.69, 9.17) is 33.7 Å². The fraction of sp³-hybridized carbons (Fsp3) is 0.538. The number of unbranched alkanes of at least 4 members (excludes halogenated alkanes) is 1. The van der Waals surface area contributed by atoms with E-state index in [0.29, 0.717) is 25.3 Å². The molecule has 0 spiro atoms. The third kappa shape index (κ3) is 6.00. The minimum atomic E-state index is -3.76.